The van der Waals surface area contributed by atoms with E-state index in [9.17, 15) is 3.67 Å². The fraction of sp³-hybridized carbons (Fsp3) is 1.00. The molecule has 0 aliphatic heterocycles. The molecular formula is C24H52OV. The van der Waals surface area contributed by atoms with Gasteiger partial charge in [0.1, 0.15) is 0 Å². The average molecular weight is 408 g/mol. The Bertz CT molecular complexity index is 292. The van der Waals surface area contributed by atoms with Crippen LogP contribution in [0.1, 0.15) is 130 Å². The van der Waals surface area contributed by atoms with Crippen molar-refractivity contribution in [3.8, 4) is 0 Å². The maximum atomic E-state index is 14.7. The zero-order chi connectivity index (χ0) is 19.6. The van der Waals surface area contributed by atoms with Crippen LogP contribution in [0.2, 0.25) is 20.5 Å². The first-order chi connectivity index (χ1) is 12.5. The molecule has 26 heavy (non-hydrogen) atoms. The molecule has 0 aliphatic rings. The molecule has 0 fully saturated rings. The minimum absolute atomic E-state index is 1.11. The fourth-order valence-corrected chi connectivity index (χ4v) is 12.9. The molecule has 0 saturated heterocycles. The maximum absolute atomic E-state index is 14.7. The van der Waals surface area contributed by atoms with Gasteiger partial charge in [0, 0.05) is 0 Å². The molecule has 0 aromatic carbocycles. The van der Waals surface area contributed by atoms with Crippen molar-refractivity contribution in [2.45, 2.75) is 151 Å². The molecule has 0 bridgehead atoms. The van der Waals surface area contributed by atoms with Crippen molar-refractivity contribution in [1.82, 2.24) is 0 Å². The molecule has 0 unspecified atom stereocenters. The summed E-state index contributed by atoms with van der Waals surface area (Å²) < 4.78 is 14.7. The third kappa shape index (κ3) is 12.7. The van der Waals surface area contributed by atoms with Crippen LogP contribution in [-0.4, -0.2) is 0 Å². The minimum atomic E-state index is -3.38. The van der Waals surface area contributed by atoms with Gasteiger partial charge < -0.3 is 0 Å². The molecular weight excluding hydrogens is 355 g/mol. The molecule has 159 valence electrons. The summed E-state index contributed by atoms with van der Waals surface area (Å²) in [5.41, 5.74) is 0. The van der Waals surface area contributed by atoms with Crippen LogP contribution >= 0.6 is 0 Å². The van der Waals surface area contributed by atoms with Crippen LogP contribution < -0.4 is 0 Å². The van der Waals surface area contributed by atoms with Gasteiger partial charge in [0.15, 0.2) is 0 Å². The molecule has 0 heterocycles. The van der Waals surface area contributed by atoms with Crippen molar-refractivity contribution in [3.05, 3.63) is 0 Å². The van der Waals surface area contributed by atoms with Crippen molar-refractivity contribution in [3.63, 3.8) is 0 Å². The van der Waals surface area contributed by atoms with Gasteiger partial charge in [-0.3, -0.25) is 0 Å². The summed E-state index contributed by atoms with van der Waals surface area (Å²) in [6.45, 7) is 9.12. The summed E-state index contributed by atoms with van der Waals surface area (Å²) in [6, 6.07) is 0. The average Bonchev–Trinajstić information content (AvgIpc) is 2.64. The molecule has 0 rings (SSSR count). The molecule has 0 N–H and O–H groups in total. The quantitative estimate of drug-likeness (QED) is 0.183. The zero-order valence-electron chi connectivity index (χ0n) is 19.0. The van der Waals surface area contributed by atoms with Crippen LogP contribution in [0.25, 0.3) is 0 Å². The molecule has 0 aromatic heterocycles. The SMILES string of the molecule is CCCCC[CH2][V](=[O])([CH2]CCCCC)([CH2]CCCCC)[CH2]CCCCC. The molecule has 0 aliphatic carbocycles. The van der Waals surface area contributed by atoms with Gasteiger partial charge in [-0.05, 0) is 0 Å². The Balaban J connectivity index is 4.98. The van der Waals surface area contributed by atoms with E-state index in [4.69, 9.17) is 0 Å². The first-order valence-corrected chi connectivity index (χ1v) is 16.8. The van der Waals surface area contributed by atoms with Crippen molar-refractivity contribution in [1.29, 1.82) is 0 Å². The standard InChI is InChI=1S/4C6H13.O.V/c4*1-3-5-6-4-2;;/h4*1,3-6H2,2H3;;. The molecule has 0 saturated carbocycles. The van der Waals surface area contributed by atoms with Gasteiger partial charge in [-0.15, -0.1) is 0 Å². The molecule has 0 amide bonds. The number of hydrogen-bond acceptors (Lipinski definition) is 1. The second kappa shape index (κ2) is 16.3. The van der Waals surface area contributed by atoms with Crippen molar-refractivity contribution < 1.29 is 16.5 Å². The van der Waals surface area contributed by atoms with E-state index in [1.165, 1.54) is 103 Å². The first-order valence-electron chi connectivity index (χ1n) is 12.3. The van der Waals surface area contributed by atoms with Crippen LogP contribution in [-0.2, 0) is 16.5 Å². The van der Waals surface area contributed by atoms with Gasteiger partial charge in [-0.25, -0.2) is 0 Å². The normalized spacial score (nSPS) is 13.6. The fourth-order valence-electron chi connectivity index (χ4n) is 4.42. The molecule has 2 heteroatoms. The number of rotatable bonds is 20. The van der Waals surface area contributed by atoms with Gasteiger partial charge in [0.2, 0.25) is 0 Å². The topological polar surface area (TPSA) is 17.1 Å². The van der Waals surface area contributed by atoms with Gasteiger partial charge >= 0.3 is 167 Å². The van der Waals surface area contributed by atoms with Crippen LogP contribution in [0.5, 0.6) is 0 Å². The van der Waals surface area contributed by atoms with Crippen LogP contribution in [0.4, 0.5) is 0 Å². The van der Waals surface area contributed by atoms with Crippen LogP contribution in [0, 0.1) is 0 Å². The first kappa shape index (κ1) is 26.4. The predicted molar refractivity (Wildman–Crippen MR) is 116 cm³/mol. The Hall–Kier alpha value is 0.384. The van der Waals surface area contributed by atoms with Crippen molar-refractivity contribution in [2.24, 2.45) is 0 Å². The summed E-state index contributed by atoms with van der Waals surface area (Å²) >= 11 is -3.38. The third-order valence-electron chi connectivity index (χ3n) is 6.31. The Morgan fingerprint density at radius 1 is 0.385 bits per heavy atom. The Kier molecular flexibility index (Phi) is 16.6. The van der Waals surface area contributed by atoms with Gasteiger partial charge in [0.25, 0.3) is 0 Å². The Morgan fingerprint density at radius 3 is 0.808 bits per heavy atom. The van der Waals surface area contributed by atoms with E-state index in [-0.39, 0.29) is 0 Å². The van der Waals surface area contributed by atoms with E-state index < -0.39 is 12.8 Å². The van der Waals surface area contributed by atoms with E-state index in [0.717, 1.165) is 20.5 Å². The van der Waals surface area contributed by atoms with Gasteiger partial charge in [-0.1, -0.05) is 0 Å². The predicted octanol–water partition coefficient (Wildman–Crippen LogP) is 10.0. The molecule has 0 spiro atoms. The summed E-state index contributed by atoms with van der Waals surface area (Å²) in [5.74, 6) is 0. The van der Waals surface area contributed by atoms with Crippen molar-refractivity contribution >= 4 is 0 Å². The van der Waals surface area contributed by atoms with Gasteiger partial charge in [0.05, 0.1) is 0 Å². The molecule has 0 atom stereocenters. The summed E-state index contributed by atoms with van der Waals surface area (Å²) in [6.07, 6.45) is 20.5. The van der Waals surface area contributed by atoms with Crippen LogP contribution in [0.15, 0.2) is 0 Å². The van der Waals surface area contributed by atoms with Crippen molar-refractivity contribution in [2.75, 3.05) is 0 Å². The van der Waals surface area contributed by atoms with E-state index in [0.29, 0.717) is 0 Å². The number of hydrogen-bond donors (Lipinski definition) is 0. The summed E-state index contributed by atoms with van der Waals surface area (Å²) in [7, 11) is 0. The van der Waals surface area contributed by atoms with E-state index in [1.807, 2.05) is 0 Å². The van der Waals surface area contributed by atoms with E-state index in [1.54, 1.807) is 0 Å². The number of unbranched alkanes of at least 4 members (excludes halogenated alkanes) is 12. The third-order valence-corrected chi connectivity index (χ3v) is 15.4. The Morgan fingerprint density at radius 2 is 0.615 bits per heavy atom. The van der Waals surface area contributed by atoms with E-state index >= 15 is 0 Å². The summed E-state index contributed by atoms with van der Waals surface area (Å²) in [4.78, 5) is 0. The summed E-state index contributed by atoms with van der Waals surface area (Å²) in [5, 5.41) is 4.46. The molecule has 1 nitrogen and oxygen atoms in total. The van der Waals surface area contributed by atoms with E-state index in [2.05, 4.69) is 27.7 Å². The molecule has 0 aromatic rings. The second-order valence-corrected chi connectivity index (χ2v) is 17.6. The zero-order valence-corrected chi connectivity index (χ0v) is 20.4. The monoisotopic (exact) mass is 407 g/mol. The second-order valence-electron chi connectivity index (χ2n) is 9.00. The Labute approximate surface area is 167 Å². The molecule has 0 radical (unpaired) electrons. The van der Waals surface area contributed by atoms with Crippen LogP contribution in [0.3, 0.4) is 0 Å². The van der Waals surface area contributed by atoms with Gasteiger partial charge in [-0.2, -0.15) is 0 Å².